The smallest absolute Gasteiger partial charge is 0.250 e. The predicted molar refractivity (Wildman–Crippen MR) is 130 cm³/mol. The molecule has 3 unspecified atom stereocenters. The molecular formula is C26H32N4O3. The Morgan fingerprint density at radius 3 is 2.21 bits per heavy atom. The van der Waals surface area contributed by atoms with Crippen LogP contribution >= 0.6 is 0 Å². The van der Waals surface area contributed by atoms with Gasteiger partial charge >= 0.3 is 0 Å². The SMILES string of the molecule is NC(CC(=O)NCCNC(=O)C(O)C(N)Cc1ccccc1)Cc1ccc2ccccc2c1. The number of carbonyl (C=O) groups is 2. The zero-order chi connectivity index (χ0) is 23.6. The lowest BCUT2D eigenvalue weighted by Gasteiger charge is -2.18. The van der Waals surface area contributed by atoms with Gasteiger partial charge < -0.3 is 27.2 Å². The summed E-state index contributed by atoms with van der Waals surface area (Å²) in [4.78, 5) is 24.3. The molecule has 0 heterocycles. The Hall–Kier alpha value is -3.26. The molecule has 2 amide bonds. The van der Waals surface area contributed by atoms with Gasteiger partial charge in [-0.15, -0.1) is 0 Å². The van der Waals surface area contributed by atoms with Crippen molar-refractivity contribution in [2.45, 2.75) is 37.5 Å². The zero-order valence-electron chi connectivity index (χ0n) is 18.6. The first-order chi connectivity index (χ1) is 15.9. The molecule has 0 saturated heterocycles. The third-order valence-corrected chi connectivity index (χ3v) is 5.49. The van der Waals surface area contributed by atoms with Crippen LogP contribution in [0.15, 0.2) is 72.8 Å². The van der Waals surface area contributed by atoms with Gasteiger partial charge in [-0.25, -0.2) is 0 Å². The van der Waals surface area contributed by atoms with E-state index in [1.165, 1.54) is 5.39 Å². The minimum atomic E-state index is -1.32. The molecular weight excluding hydrogens is 416 g/mol. The number of fused-ring (bicyclic) bond motifs is 1. The molecule has 0 fully saturated rings. The lowest BCUT2D eigenvalue weighted by Crippen LogP contribution is -2.48. The van der Waals surface area contributed by atoms with Gasteiger partial charge in [0, 0.05) is 31.6 Å². The van der Waals surface area contributed by atoms with E-state index in [9.17, 15) is 14.7 Å². The maximum Gasteiger partial charge on any atom is 0.250 e. The van der Waals surface area contributed by atoms with Crippen LogP contribution in [0.3, 0.4) is 0 Å². The summed E-state index contributed by atoms with van der Waals surface area (Å²) >= 11 is 0. The molecule has 174 valence electrons. The van der Waals surface area contributed by atoms with Crippen LogP contribution in [0.5, 0.6) is 0 Å². The molecule has 3 atom stereocenters. The second-order valence-electron chi connectivity index (χ2n) is 8.29. The van der Waals surface area contributed by atoms with Crippen LogP contribution in [0.25, 0.3) is 10.8 Å². The number of nitrogens with two attached hydrogens (primary N) is 2. The van der Waals surface area contributed by atoms with Gasteiger partial charge in [-0.05, 0) is 34.7 Å². The van der Waals surface area contributed by atoms with E-state index >= 15 is 0 Å². The Bertz CT molecular complexity index is 1060. The van der Waals surface area contributed by atoms with Gasteiger partial charge in [-0.3, -0.25) is 9.59 Å². The highest BCUT2D eigenvalue weighted by Crippen LogP contribution is 2.16. The average molecular weight is 449 g/mol. The molecule has 7 heteroatoms. The van der Waals surface area contributed by atoms with Crippen molar-refractivity contribution in [3.05, 3.63) is 83.9 Å². The number of rotatable bonds is 11. The summed E-state index contributed by atoms with van der Waals surface area (Å²) in [5, 5.41) is 17.8. The van der Waals surface area contributed by atoms with Gasteiger partial charge in [-0.1, -0.05) is 72.8 Å². The van der Waals surface area contributed by atoms with Crippen LogP contribution in [0.2, 0.25) is 0 Å². The summed E-state index contributed by atoms with van der Waals surface area (Å²) in [5.41, 5.74) is 14.2. The van der Waals surface area contributed by atoms with Gasteiger partial charge in [0.2, 0.25) is 5.91 Å². The largest absolute Gasteiger partial charge is 0.382 e. The number of aliphatic hydroxyl groups is 1. The first-order valence-corrected chi connectivity index (χ1v) is 11.2. The van der Waals surface area contributed by atoms with Crippen molar-refractivity contribution in [3.8, 4) is 0 Å². The lowest BCUT2D eigenvalue weighted by molar-refractivity contribution is -0.130. The molecule has 0 saturated carbocycles. The molecule has 3 aromatic carbocycles. The van der Waals surface area contributed by atoms with E-state index < -0.39 is 18.1 Å². The topological polar surface area (TPSA) is 130 Å². The third kappa shape index (κ3) is 7.68. The van der Waals surface area contributed by atoms with Gasteiger partial charge in [0.1, 0.15) is 6.10 Å². The molecule has 7 nitrogen and oxygen atoms in total. The Morgan fingerprint density at radius 2 is 1.45 bits per heavy atom. The number of nitrogens with one attached hydrogen (secondary N) is 2. The second kappa shape index (κ2) is 12.1. The van der Waals surface area contributed by atoms with E-state index in [0.29, 0.717) is 12.8 Å². The van der Waals surface area contributed by atoms with E-state index in [-0.39, 0.29) is 31.5 Å². The summed E-state index contributed by atoms with van der Waals surface area (Å²) in [7, 11) is 0. The van der Waals surface area contributed by atoms with E-state index in [1.54, 1.807) is 0 Å². The van der Waals surface area contributed by atoms with Gasteiger partial charge in [0.25, 0.3) is 5.91 Å². The molecule has 3 aromatic rings. The van der Waals surface area contributed by atoms with Crippen molar-refractivity contribution in [1.29, 1.82) is 0 Å². The molecule has 3 rings (SSSR count). The Balaban J connectivity index is 1.34. The highest BCUT2D eigenvalue weighted by molar-refractivity contribution is 5.83. The van der Waals surface area contributed by atoms with Crippen molar-refractivity contribution in [2.75, 3.05) is 13.1 Å². The molecule has 0 aliphatic heterocycles. The second-order valence-corrected chi connectivity index (χ2v) is 8.29. The summed E-state index contributed by atoms with van der Waals surface area (Å²) < 4.78 is 0. The first kappa shape index (κ1) is 24.4. The minimum Gasteiger partial charge on any atom is -0.382 e. The summed E-state index contributed by atoms with van der Waals surface area (Å²) in [6, 6.07) is 22.7. The maximum absolute atomic E-state index is 12.2. The predicted octanol–water partition coefficient (Wildman–Crippen LogP) is 1.26. The third-order valence-electron chi connectivity index (χ3n) is 5.49. The van der Waals surface area contributed by atoms with Crippen molar-refractivity contribution in [1.82, 2.24) is 10.6 Å². The van der Waals surface area contributed by atoms with Crippen LogP contribution in [-0.4, -0.2) is 48.2 Å². The van der Waals surface area contributed by atoms with Gasteiger partial charge in [0.05, 0.1) is 0 Å². The fourth-order valence-corrected chi connectivity index (χ4v) is 3.74. The van der Waals surface area contributed by atoms with Crippen LogP contribution in [0, 0.1) is 0 Å². The lowest BCUT2D eigenvalue weighted by atomic mass is 10.0. The molecule has 0 radical (unpaired) electrons. The van der Waals surface area contributed by atoms with Crippen LogP contribution in [-0.2, 0) is 22.4 Å². The van der Waals surface area contributed by atoms with Crippen molar-refractivity contribution in [3.63, 3.8) is 0 Å². The van der Waals surface area contributed by atoms with Crippen molar-refractivity contribution >= 4 is 22.6 Å². The van der Waals surface area contributed by atoms with E-state index in [0.717, 1.165) is 16.5 Å². The zero-order valence-corrected chi connectivity index (χ0v) is 18.6. The highest BCUT2D eigenvalue weighted by atomic mass is 16.3. The van der Waals surface area contributed by atoms with E-state index in [1.807, 2.05) is 48.5 Å². The summed E-state index contributed by atoms with van der Waals surface area (Å²) in [6.45, 7) is 0.438. The fraction of sp³-hybridized carbons (Fsp3) is 0.308. The number of hydrogen-bond donors (Lipinski definition) is 5. The highest BCUT2D eigenvalue weighted by Gasteiger charge is 2.22. The molecule has 7 N–H and O–H groups in total. The van der Waals surface area contributed by atoms with E-state index in [2.05, 4.69) is 34.9 Å². The van der Waals surface area contributed by atoms with Crippen molar-refractivity contribution in [2.24, 2.45) is 11.5 Å². The monoisotopic (exact) mass is 448 g/mol. The molecule has 33 heavy (non-hydrogen) atoms. The van der Waals surface area contributed by atoms with Crippen LogP contribution in [0.4, 0.5) is 0 Å². The normalized spacial score (nSPS) is 13.8. The minimum absolute atomic E-state index is 0.182. The van der Waals surface area contributed by atoms with Crippen LogP contribution in [0.1, 0.15) is 17.5 Å². The fourth-order valence-electron chi connectivity index (χ4n) is 3.74. The van der Waals surface area contributed by atoms with Gasteiger partial charge in [0.15, 0.2) is 0 Å². The molecule has 0 aliphatic carbocycles. The first-order valence-electron chi connectivity index (χ1n) is 11.2. The molecule has 0 aromatic heterocycles. The van der Waals surface area contributed by atoms with E-state index in [4.69, 9.17) is 11.5 Å². The number of hydrogen-bond acceptors (Lipinski definition) is 5. The quantitative estimate of drug-likeness (QED) is 0.282. The van der Waals surface area contributed by atoms with Crippen LogP contribution < -0.4 is 22.1 Å². The Morgan fingerprint density at radius 1 is 0.788 bits per heavy atom. The summed E-state index contributed by atoms with van der Waals surface area (Å²) in [6.07, 6.45) is -0.149. The number of amides is 2. The summed E-state index contributed by atoms with van der Waals surface area (Å²) in [5.74, 6) is -0.737. The Labute approximate surface area is 194 Å². The molecule has 0 aliphatic rings. The average Bonchev–Trinajstić information content (AvgIpc) is 2.81. The standard InChI is InChI=1S/C26H32N4O3/c27-22(15-19-10-11-20-8-4-5-9-21(20)14-19)17-24(31)29-12-13-30-26(33)25(32)23(28)16-18-6-2-1-3-7-18/h1-11,14,22-23,25,32H,12-13,15-17,27-28H2,(H,29,31)(H,30,33). The van der Waals surface area contributed by atoms with Gasteiger partial charge in [-0.2, -0.15) is 0 Å². The Kier molecular flexibility index (Phi) is 8.95. The van der Waals surface area contributed by atoms with Crippen molar-refractivity contribution < 1.29 is 14.7 Å². The molecule has 0 bridgehead atoms. The number of carbonyl (C=O) groups excluding carboxylic acids is 2. The number of aliphatic hydroxyl groups excluding tert-OH is 1. The number of benzene rings is 3. The maximum atomic E-state index is 12.2. The molecule has 0 spiro atoms.